The summed E-state index contributed by atoms with van der Waals surface area (Å²) in [7, 11) is 0. The first kappa shape index (κ1) is 15.7. The largest absolute Gasteiger partial charge is 0.459 e. The van der Waals surface area contributed by atoms with E-state index < -0.39 is 0 Å². The van der Waals surface area contributed by atoms with Gasteiger partial charge in [0, 0.05) is 44.4 Å². The van der Waals surface area contributed by atoms with Crippen LogP contribution in [0.25, 0.3) is 11.3 Å². The third-order valence-electron chi connectivity index (χ3n) is 4.39. The summed E-state index contributed by atoms with van der Waals surface area (Å²) in [5.74, 6) is 1.14. The second-order valence-electron chi connectivity index (χ2n) is 6.09. The third-order valence-corrected chi connectivity index (χ3v) is 4.39. The Hall–Kier alpha value is -2.86. The molecule has 6 heteroatoms. The number of hydrogen-bond donors (Lipinski definition) is 0. The average molecular weight is 337 g/mol. The maximum Gasteiger partial charge on any atom is 0.289 e. The molecule has 25 heavy (non-hydrogen) atoms. The highest BCUT2D eigenvalue weighted by Gasteiger charge is 2.24. The van der Waals surface area contributed by atoms with E-state index in [1.165, 1.54) is 6.26 Å². The molecule has 2 aromatic heterocycles. The second kappa shape index (κ2) is 6.94. The van der Waals surface area contributed by atoms with Crippen molar-refractivity contribution in [1.82, 2.24) is 15.0 Å². The number of amides is 1. The normalized spacial score (nSPS) is 15.4. The first-order chi connectivity index (χ1) is 12.3. The molecule has 0 N–H and O–H groups in total. The first-order valence-corrected chi connectivity index (χ1v) is 8.36. The highest BCUT2D eigenvalue weighted by atomic mass is 16.5. The predicted molar refractivity (Wildman–Crippen MR) is 91.8 cm³/mol. The lowest BCUT2D eigenvalue weighted by Gasteiger charge is -2.33. The zero-order valence-corrected chi connectivity index (χ0v) is 13.8. The van der Waals surface area contributed by atoms with Crippen LogP contribution in [0, 0.1) is 0 Å². The number of rotatable bonds is 4. The van der Waals surface area contributed by atoms with Crippen LogP contribution >= 0.6 is 0 Å². The molecule has 0 bridgehead atoms. The summed E-state index contributed by atoms with van der Waals surface area (Å²) in [5.41, 5.74) is 1.93. The van der Waals surface area contributed by atoms with Gasteiger partial charge in [0.25, 0.3) is 5.91 Å². The Morgan fingerprint density at radius 1 is 1.04 bits per heavy atom. The van der Waals surface area contributed by atoms with Gasteiger partial charge in [0.1, 0.15) is 0 Å². The molecule has 128 valence electrons. The SMILES string of the molecule is O=C(c1ccco1)N1CCN(Cc2cc(-c3ccccc3)on2)CC1. The molecule has 1 aliphatic rings. The van der Waals surface area contributed by atoms with Crippen molar-refractivity contribution in [3.8, 4) is 11.3 Å². The van der Waals surface area contributed by atoms with Gasteiger partial charge in [-0.2, -0.15) is 0 Å². The summed E-state index contributed by atoms with van der Waals surface area (Å²) in [6.07, 6.45) is 1.53. The topological polar surface area (TPSA) is 62.7 Å². The van der Waals surface area contributed by atoms with Crippen LogP contribution in [0.5, 0.6) is 0 Å². The van der Waals surface area contributed by atoms with E-state index in [-0.39, 0.29) is 5.91 Å². The van der Waals surface area contributed by atoms with E-state index in [1.54, 1.807) is 12.1 Å². The number of hydrogen-bond acceptors (Lipinski definition) is 5. The van der Waals surface area contributed by atoms with Crippen molar-refractivity contribution in [2.75, 3.05) is 26.2 Å². The maximum atomic E-state index is 12.3. The number of furan rings is 1. The van der Waals surface area contributed by atoms with E-state index in [0.717, 1.165) is 36.7 Å². The Balaban J connectivity index is 1.33. The third kappa shape index (κ3) is 3.49. The molecule has 6 nitrogen and oxygen atoms in total. The van der Waals surface area contributed by atoms with Gasteiger partial charge in [-0.25, -0.2) is 0 Å². The number of carbonyl (C=O) groups is 1. The van der Waals surface area contributed by atoms with Crippen molar-refractivity contribution in [1.29, 1.82) is 0 Å². The molecule has 0 unspecified atom stereocenters. The van der Waals surface area contributed by atoms with Crippen molar-refractivity contribution in [3.05, 3.63) is 66.2 Å². The summed E-state index contributed by atoms with van der Waals surface area (Å²) in [5, 5.41) is 4.17. The van der Waals surface area contributed by atoms with Crippen LogP contribution < -0.4 is 0 Å². The summed E-state index contributed by atoms with van der Waals surface area (Å²) in [6, 6.07) is 15.4. The molecule has 0 aliphatic carbocycles. The number of aromatic nitrogens is 1. The quantitative estimate of drug-likeness (QED) is 0.732. The molecule has 1 saturated heterocycles. The average Bonchev–Trinajstić information content (AvgIpc) is 3.35. The highest BCUT2D eigenvalue weighted by Crippen LogP contribution is 2.20. The molecule has 0 spiro atoms. The van der Waals surface area contributed by atoms with Gasteiger partial charge >= 0.3 is 0 Å². The fourth-order valence-corrected chi connectivity index (χ4v) is 3.02. The van der Waals surface area contributed by atoms with E-state index in [4.69, 9.17) is 8.94 Å². The fraction of sp³-hybridized carbons (Fsp3) is 0.263. The van der Waals surface area contributed by atoms with Crippen LogP contribution in [0.2, 0.25) is 0 Å². The lowest BCUT2D eigenvalue weighted by Crippen LogP contribution is -2.48. The molecule has 3 aromatic rings. The Morgan fingerprint density at radius 3 is 2.56 bits per heavy atom. The zero-order chi connectivity index (χ0) is 17.1. The smallest absolute Gasteiger partial charge is 0.289 e. The summed E-state index contributed by atoms with van der Waals surface area (Å²) in [6.45, 7) is 3.70. The molecule has 1 amide bonds. The van der Waals surface area contributed by atoms with E-state index in [9.17, 15) is 4.79 Å². The van der Waals surface area contributed by atoms with Crippen LogP contribution in [0.15, 0.2) is 63.7 Å². The van der Waals surface area contributed by atoms with E-state index >= 15 is 0 Å². The van der Waals surface area contributed by atoms with Gasteiger partial charge in [-0.1, -0.05) is 35.5 Å². The minimum atomic E-state index is -0.0440. The Bertz CT molecular complexity index is 819. The van der Waals surface area contributed by atoms with Crippen molar-refractivity contribution in [2.24, 2.45) is 0 Å². The fourth-order valence-electron chi connectivity index (χ4n) is 3.02. The maximum absolute atomic E-state index is 12.3. The van der Waals surface area contributed by atoms with Crippen LogP contribution in [-0.4, -0.2) is 47.0 Å². The summed E-state index contributed by atoms with van der Waals surface area (Å²) < 4.78 is 10.6. The van der Waals surface area contributed by atoms with Crippen LogP contribution in [0.3, 0.4) is 0 Å². The van der Waals surface area contributed by atoms with Crippen LogP contribution in [-0.2, 0) is 6.54 Å². The van der Waals surface area contributed by atoms with Crippen LogP contribution in [0.1, 0.15) is 16.2 Å². The van der Waals surface area contributed by atoms with Crippen molar-refractivity contribution in [3.63, 3.8) is 0 Å². The first-order valence-electron chi connectivity index (χ1n) is 8.36. The minimum absolute atomic E-state index is 0.0440. The van der Waals surface area contributed by atoms with Gasteiger partial charge in [0.15, 0.2) is 11.5 Å². The number of piperazine rings is 1. The van der Waals surface area contributed by atoms with Crippen molar-refractivity contribution < 1.29 is 13.7 Å². The molecule has 0 atom stereocenters. The highest BCUT2D eigenvalue weighted by molar-refractivity contribution is 5.91. The molecular weight excluding hydrogens is 318 g/mol. The van der Waals surface area contributed by atoms with E-state index in [1.807, 2.05) is 41.3 Å². The molecule has 4 rings (SSSR count). The molecule has 1 aliphatic heterocycles. The lowest BCUT2D eigenvalue weighted by molar-refractivity contribution is 0.0595. The monoisotopic (exact) mass is 337 g/mol. The molecule has 0 saturated carbocycles. The van der Waals surface area contributed by atoms with Gasteiger partial charge < -0.3 is 13.8 Å². The van der Waals surface area contributed by atoms with Crippen molar-refractivity contribution >= 4 is 5.91 Å². The number of carbonyl (C=O) groups excluding carboxylic acids is 1. The second-order valence-corrected chi connectivity index (χ2v) is 6.09. The van der Waals surface area contributed by atoms with Crippen molar-refractivity contribution in [2.45, 2.75) is 6.54 Å². The number of nitrogens with zero attached hydrogens (tertiary/aromatic N) is 3. The number of benzene rings is 1. The van der Waals surface area contributed by atoms with Crippen LogP contribution in [0.4, 0.5) is 0 Å². The Kier molecular flexibility index (Phi) is 4.35. The van der Waals surface area contributed by atoms with Gasteiger partial charge in [-0.3, -0.25) is 9.69 Å². The summed E-state index contributed by atoms with van der Waals surface area (Å²) >= 11 is 0. The molecule has 1 aromatic carbocycles. The van der Waals surface area contributed by atoms with Gasteiger partial charge in [0.05, 0.1) is 12.0 Å². The minimum Gasteiger partial charge on any atom is -0.459 e. The molecular formula is C19H19N3O3. The standard InChI is InChI=1S/C19H19N3O3/c23-19(17-7-4-12-24-17)22-10-8-21(9-11-22)14-16-13-18(25-20-16)15-5-2-1-3-6-15/h1-7,12-13H,8-11,14H2. The lowest BCUT2D eigenvalue weighted by atomic mass is 10.1. The Labute approximate surface area is 145 Å². The van der Waals surface area contributed by atoms with Gasteiger partial charge in [-0.15, -0.1) is 0 Å². The predicted octanol–water partition coefficient (Wildman–Crippen LogP) is 2.89. The van der Waals surface area contributed by atoms with E-state index in [2.05, 4.69) is 10.1 Å². The Morgan fingerprint density at radius 2 is 1.84 bits per heavy atom. The molecule has 0 radical (unpaired) electrons. The zero-order valence-electron chi connectivity index (χ0n) is 13.8. The van der Waals surface area contributed by atoms with E-state index in [0.29, 0.717) is 18.8 Å². The van der Waals surface area contributed by atoms with Gasteiger partial charge in [0.2, 0.25) is 0 Å². The summed E-state index contributed by atoms with van der Waals surface area (Å²) in [4.78, 5) is 16.4. The molecule has 1 fully saturated rings. The van der Waals surface area contributed by atoms with Gasteiger partial charge in [-0.05, 0) is 12.1 Å². The molecule has 3 heterocycles.